The topological polar surface area (TPSA) is 46.0 Å². The smallest absolute Gasteiger partial charge is 0.0964 e. The SMILES string of the molecule is CCCCN(CCn1cc(CNCC)nn1)C(C)CC. The first-order valence-electron chi connectivity index (χ1n) is 8.04. The summed E-state index contributed by atoms with van der Waals surface area (Å²) < 4.78 is 1.97. The van der Waals surface area contributed by atoms with E-state index in [2.05, 4.69) is 54.4 Å². The molecular formula is C15H31N5. The highest BCUT2D eigenvalue weighted by Crippen LogP contribution is 2.06. The van der Waals surface area contributed by atoms with E-state index < -0.39 is 0 Å². The summed E-state index contributed by atoms with van der Waals surface area (Å²) in [5, 5.41) is 11.7. The molecule has 5 nitrogen and oxygen atoms in total. The molecule has 0 fully saturated rings. The Morgan fingerprint density at radius 2 is 2.10 bits per heavy atom. The molecule has 1 unspecified atom stereocenters. The maximum absolute atomic E-state index is 4.21. The lowest BCUT2D eigenvalue weighted by Gasteiger charge is -2.28. The van der Waals surface area contributed by atoms with Gasteiger partial charge in [0, 0.05) is 25.3 Å². The van der Waals surface area contributed by atoms with Gasteiger partial charge in [-0.05, 0) is 32.9 Å². The lowest BCUT2D eigenvalue weighted by atomic mass is 10.2. The third-order valence-corrected chi connectivity index (χ3v) is 3.77. The lowest BCUT2D eigenvalue weighted by molar-refractivity contribution is 0.190. The summed E-state index contributed by atoms with van der Waals surface area (Å²) >= 11 is 0. The Hall–Kier alpha value is -0.940. The van der Waals surface area contributed by atoms with Crippen molar-refractivity contribution in [3.05, 3.63) is 11.9 Å². The number of nitrogens with zero attached hydrogens (tertiary/aromatic N) is 4. The first-order chi connectivity index (χ1) is 9.71. The van der Waals surface area contributed by atoms with Gasteiger partial charge < -0.3 is 5.32 Å². The normalized spacial score (nSPS) is 13.1. The van der Waals surface area contributed by atoms with Crippen LogP contribution < -0.4 is 5.32 Å². The molecule has 0 aliphatic heterocycles. The first-order valence-corrected chi connectivity index (χ1v) is 8.04. The highest BCUT2D eigenvalue weighted by Gasteiger charge is 2.11. The van der Waals surface area contributed by atoms with E-state index in [0.717, 1.165) is 31.9 Å². The van der Waals surface area contributed by atoms with Gasteiger partial charge in [0.15, 0.2) is 0 Å². The minimum atomic E-state index is 0.645. The molecule has 1 aromatic heterocycles. The zero-order chi connectivity index (χ0) is 14.8. The van der Waals surface area contributed by atoms with Crippen molar-refractivity contribution in [2.24, 2.45) is 0 Å². The van der Waals surface area contributed by atoms with E-state index in [0.29, 0.717) is 6.04 Å². The number of hydrogen-bond acceptors (Lipinski definition) is 4. The van der Waals surface area contributed by atoms with Crippen molar-refractivity contribution in [1.82, 2.24) is 25.2 Å². The second kappa shape index (κ2) is 9.88. The van der Waals surface area contributed by atoms with Crippen LogP contribution in [0.3, 0.4) is 0 Å². The number of hydrogen-bond donors (Lipinski definition) is 1. The molecule has 0 bridgehead atoms. The van der Waals surface area contributed by atoms with Crippen molar-refractivity contribution in [2.75, 3.05) is 19.6 Å². The maximum Gasteiger partial charge on any atom is 0.0964 e. The second-order valence-corrected chi connectivity index (χ2v) is 5.40. The van der Waals surface area contributed by atoms with Crippen molar-refractivity contribution < 1.29 is 0 Å². The zero-order valence-electron chi connectivity index (χ0n) is 13.6. The molecule has 20 heavy (non-hydrogen) atoms. The van der Waals surface area contributed by atoms with E-state index in [9.17, 15) is 0 Å². The van der Waals surface area contributed by atoms with Crippen LogP contribution in [0.5, 0.6) is 0 Å². The van der Waals surface area contributed by atoms with Gasteiger partial charge >= 0.3 is 0 Å². The lowest BCUT2D eigenvalue weighted by Crippen LogP contribution is -2.36. The molecular weight excluding hydrogens is 250 g/mol. The molecule has 116 valence electrons. The number of rotatable bonds is 11. The van der Waals surface area contributed by atoms with Crippen molar-refractivity contribution in [2.45, 2.75) is 66.1 Å². The molecule has 0 amide bonds. The minimum absolute atomic E-state index is 0.645. The molecule has 1 heterocycles. The van der Waals surface area contributed by atoms with Gasteiger partial charge in [0.2, 0.25) is 0 Å². The largest absolute Gasteiger partial charge is 0.311 e. The fourth-order valence-corrected chi connectivity index (χ4v) is 2.18. The second-order valence-electron chi connectivity index (χ2n) is 5.40. The fraction of sp³-hybridized carbons (Fsp3) is 0.867. The van der Waals surface area contributed by atoms with E-state index in [1.54, 1.807) is 0 Å². The Morgan fingerprint density at radius 3 is 2.75 bits per heavy atom. The van der Waals surface area contributed by atoms with Gasteiger partial charge in [-0.25, -0.2) is 0 Å². The van der Waals surface area contributed by atoms with Gasteiger partial charge in [-0.3, -0.25) is 9.58 Å². The summed E-state index contributed by atoms with van der Waals surface area (Å²) in [6.45, 7) is 13.9. The molecule has 0 aliphatic rings. The molecule has 1 rings (SSSR count). The van der Waals surface area contributed by atoms with Crippen molar-refractivity contribution in [3.63, 3.8) is 0 Å². The van der Waals surface area contributed by atoms with Crippen molar-refractivity contribution in [3.8, 4) is 0 Å². The van der Waals surface area contributed by atoms with E-state index in [-0.39, 0.29) is 0 Å². The third kappa shape index (κ3) is 6.01. The van der Waals surface area contributed by atoms with E-state index >= 15 is 0 Å². The van der Waals surface area contributed by atoms with Gasteiger partial charge in [-0.15, -0.1) is 5.10 Å². The Bertz CT molecular complexity index is 350. The van der Waals surface area contributed by atoms with Gasteiger partial charge in [0.05, 0.1) is 12.2 Å². The summed E-state index contributed by atoms with van der Waals surface area (Å²) in [5.74, 6) is 0. The molecule has 0 aromatic carbocycles. The van der Waals surface area contributed by atoms with Gasteiger partial charge in [0.1, 0.15) is 0 Å². The molecule has 1 atom stereocenters. The summed E-state index contributed by atoms with van der Waals surface area (Å²) in [4.78, 5) is 2.56. The molecule has 0 radical (unpaired) electrons. The molecule has 0 spiro atoms. The van der Waals surface area contributed by atoms with Crippen LogP contribution in [-0.4, -0.2) is 45.6 Å². The Morgan fingerprint density at radius 1 is 1.30 bits per heavy atom. The molecule has 1 aromatic rings. The van der Waals surface area contributed by atoms with Crippen molar-refractivity contribution in [1.29, 1.82) is 0 Å². The van der Waals surface area contributed by atoms with Crippen LogP contribution in [0.25, 0.3) is 0 Å². The van der Waals surface area contributed by atoms with Crippen LogP contribution in [0.4, 0.5) is 0 Å². The number of nitrogens with one attached hydrogen (secondary N) is 1. The van der Waals surface area contributed by atoms with Gasteiger partial charge in [-0.1, -0.05) is 32.4 Å². The summed E-state index contributed by atoms with van der Waals surface area (Å²) in [6.07, 6.45) is 5.78. The molecule has 1 N–H and O–H groups in total. The van der Waals surface area contributed by atoms with Crippen LogP contribution in [0.1, 0.15) is 52.7 Å². The predicted octanol–water partition coefficient (Wildman–Crippen LogP) is 2.29. The Balaban J connectivity index is 2.43. The van der Waals surface area contributed by atoms with E-state index in [1.165, 1.54) is 25.8 Å². The Labute approximate surface area is 123 Å². The standard InChI is InChI=1S/C15H31N5/c1-5-8-9-19(14(4)6-2)10-11-20-13-15(17-18-20)12-16-7-3/h13-14,16H,5-12H2,1-4H3. The molecule has 0 saturated carbocycles. The van der Waals surface area contributed by atoms with Crippen LogP contribution in [0.15, 0.2) is 6.20 Å². The highest BCUT2D eigenvalue weighted by molar-refractivity contribution is 4.91. The number of unbranched alkanes of at least 4 members (excludes halogenated alkanes) is 1. The van der Waals surface area contributed by atoms with Gasteiger partial charge in [-0.2, -0.15) is 0 Å². The van der Waals surface area contributed by atoms with E-state index in [4.69, 9.17) is 0 Å². The highest BCUT2D eigenvalue weighted by atomic mass is 15.4. The fourth-order valence-electron chi connectivity index (χ4n) is 2.18. The Kier molecular flexibility index (Phi) is 8.46. The van der Waals surface area contributed by atoms with Gasteiger partial charge in [0.25, 0.3) is 0 Å². The van der Waals surface area contributed by atoms with E-state index in [1.807, 2.05) is 4.68 Å². The summed E-state index contributed by atoms with van der Waals surface area (Å²) in [6, 6.07) is 0.645. The third-order valence-electron chi connectivity index (χ3n) is 3.77. The zero-order valence-corrected chi connectivity index (χ0v) is 13.6. The monoisotopic (exact) mass is 281 g/mol. The summed E-state index contributed by atoms with van der Waals surface area (Å²) in [5.41, 5.74) is 1.02. The molecule has 0 saturated heterocycles. The van der Waals surface area contributed by atoms with Crippen LogP contribution >= 0.6 is 0 Å². The number of aromatic nitrogens is 3. The summed E-state index contributed by atoms with van der Waals surface area (Å²) in [7, 11) is 0. The van der Waals surface area contributed by atoms with Crippen LogP contribution in [-0.2, 0) is 13.1 Å². The van der Waals surface area contributed by atoms with Crippen LogP contribution in [0, 0.1) is 0 Å². The average molecular weight is 281 g/mol. The first kappa shape index (κ1) is 17.1. The maximum atomic E-state index is 4.21. The minimum Gasteiger partial charge on any atom is -0.311 e. The predicted molar refractivity (Wildman–Crippen MR) is 83.6 cm³/mol. The molecule has 5 heteroatoms. The molecule has 0 aliphatic carbocycles. The average Bonchev–Trinajstić information content (AvgIpc) is 2.92. The van der Waals surface area contributed by atoms with Crippen molar-refractivity contribution >= 4 is 0 Å². The quantitative estimate of drug-likeness (QED) is 0.676. The van der Waals surface area contributed by atoms with Crippen LogP contribution in [0.2, 0.25) is 0 Å².